The molecule has 0 bridgehead atoms. The quantitative estimate of drug-likeness (QED) is 0.646. The van der Waals surface area contributed by atoms with E-state index in [2.05, 4.69) is 17.0 Å². The van der Waals surface area contributed by atoms with E-state index in [0.29, 0.717) is 18.0 Å². The van der Waals surface area contributed by atoms with Crippen LogP contribution in [-0.2, 0) is 6.54 Å². The SMILES string of the molecule is C=Cn1cc(CNc2ccc(OC)cc2[N+](=O)[O-])cn1. The van der Waals surface area contributed by atoms with Crippen LogP contribution < -0.4 is 10.1 Å². The van der Waals surface area contributed by atoms with Crippen LogP contribution in [0.4, 0.5) is 11.4 Å². The average Bonchev–Trinajstić information content (AvgIpc) is 2.92. The first-order chi connectivity index (χ1) is 9.63. The molecule has 0 aliphatic heterocycles. The predicted octanol–water partition coefficient (Wildman–Crippen LogP) is 2.51. The minimum absolute atomic E-state index is 0.0273. The van der Waals surface area contributed by atoms with E-state index < -0.39 is 4.92 Å². The maximum absolute atomic E-state index is 11.0. The molecule has 0 aliphatic carbocycles. The Morgan fingerprint density at radius 2 is 2.40 bits per heavy atom. The zero-order valence-corrected chi connectivity index (χ0v) is 10.9. The standard InChI is InChI=1S/C13H14N4O3/c1-3-16-9-10(8-15-16)7-14-12-5-4-11(20-2)6-13(12)17(18)19/h3-6,8-9,14H,1,7H2,2H3. The Balaban J connectivity index is 2.16. The number of nitrogens with one attached hydrogen (secondary N) is 1. The van der Waals surface area contributed by atoms with Gasteiger partial charge in [-0.3, -0.25) is 10.1 Å². The van der Waals surface area contributed by atoms with Gasteiger partial charge in [0.15, 0.2) is 0 Å². The summed E-state index contributed by atoms with van der Waals surface area (Å²) in [5.41, 5.74) is 1.30. The van der Waals surface area contributed by atoms with E-state index in [-0.39, 0.29) is 5.69 Å². The van der Waals surface area contributed by atoms with E-state index in [1.165, 1.54) is 13.2 Å². The largest absolute Gasteiger partial charge is 0.496 e. The summed E-state index contributed by atoms with van der Waals surface area (Å²) in [6, 6.07) is 4.67. The summed E-state index contributed by atoms with van der Waals surface area (Å²) in [6.45, 7) is 4.03. The summed E-state index contributed by atoms with van der Waals surface area (Å²) < 4.78 is 6.55. The number of nitro benzene ring substituents is 1. The van der Waals surface area contributed by atoms with Gasteiger partial charge in [0.2, 0.25) is 0 Å². The van der Waals surface area contributed by atoms with E-state index in [1.807, 2.05) is 0 Å². The Bertz CT molecular complexity index is 636. The van der Waals surface area contributed by atoms with Gasteiger partial charge in [-0.25, -0.2) is 4.68 Å². The molecule has 0 aliphatic rings. The molecule has 7 heteroatoms. The third-order valence-electron chi connectivity index (χ3n) is 2.73. The fourth-order valence-corrected chi connectivity index (χ4v) is 1.70. The molecule has 0 spiro atoms. The molecule has 1 aromatic carbocycles. The van der Waals surface area contributed by atoms with Crippen molar-refractivity contribution in [1.29, 1.82) is 0 Å². The van der Waals surface area contributed by atoms with Gasteiger partial charge < -0.3 is 10.1 Å². The van der Waals surface area contributed by atoms with E-state index in [1.54, 1.807) is 35.4 Å². The Labute approximate surface area is 115 Å². The molecule has 0 amide bonds. The second kappa shape index (κ2) is 5.87. The molecule has 0 saturated heterocycles. The Kier molecular flexibility index (Phi) is 3.99. The Morgan fingerprint density at radius 1 is 1.60 bits per heavy atom. The lowest BCUT2D eigenvalue weighted by Gasteiger charge is -2.07. The minimum atomic E-state index is -0.446. The molecule has 0 unspecified atom stereocenters. The maximum Gasteiger partial charge on any atom is 0.296 e. The third-order valence-corrected chi connectivity index (χ3v) is 2.73. The van der Waals surface area contributed by atoms with Gasteiger partial charge in [0.05, 0.1) is 24.3 Å². The molecular formula is C13H14N4O3. The molecule has 0 fully saturated rings. The number of rotatable bonds is 6. The summed E-state index contributed by atoms with van der Waals surface area (Å²) in [6.07, 6.45) is 5.03. The smallest absolute Gasteiger partial charge is 0.296 e. The Morgan fingerprint density at radius 3 is 3.00 bits per heavy atom. The van der Waals surface area contributed by atoms with Crippen LogP contribution in [0.1, 0.15) is 5.56 Å². The first-order valence-corrected chi connectivity index (χ1v) is 5.86. The molecule has 2 rings (SSSR count). The van der Waals surface area contributed by atoms with Crippen molar-refractivity contribution in [2.45, 2.75) is 6.54 Å². The summed E-state index contributed by atoms with van der Waals surface area (Å²) in [7, 11) is 1.47. The van der Waals surface area contributed by atoms with Crippen molar-refractivity contribution in [3.05, 3.63) is 52.8 Å². The lowest BCUT2D eigenvalue weighted by Crippen LogP contribution is -2.02. The van der Waals surface area contributed by atoms with Crippen LogP contribution in [0.15, 0.2) is 37.2 Å². The average molecular weight is 274 g/mol. The molecule has 0 saturated carbocycles. The van der Waals surface area contributed by atoms with Crippen LogP contribution in [0, 0.1) is 10.1 Å². The van der Waals surface area contributed by atoms with Gasteiger partial charge in [0.25, 0.3) is 5.69 Å². The van der Waals surface area contributed by atoms with Crippen molar-refractivity contribution >= 4 is 17.6 Å². The van der Waals surface area contributed by atoms with Gasteiger partial charge in [-0.1, -0.05) is 6.58 Å². The van der Waals surface area contributed by atoms with Crippen LogP contribution >= 0.6 is 0 Å². The minimum Gasteiger partial charge on any atom is -0.496 e. The highest BCUT2D eigenvalue weighted by molar-refractivity contribution is 5.63. The highest BCUT2D eigenvalue weighted by Gasteiger charge is 2.14. The highest BCUT2D eigenvalue weighted by Crippen LogP contribution is 2.29. The Hall–Kier alpha value is -2.83. The normalized spacial score (nSPS) is 10.1. The summed E-state index contributed by atoms with van der Waals surface area (Å²) >= 11 is 0. The first-order valence-electron chi connectivity index (χ1n) is 5.86. The second-order valence-electron chi connectivity index (χ2n) is 4.00. The van der Waals surface area contributed by atoms with E-state index >= 15 is 0 Å². The molecule has 1 aromatic heterocycles. The molecular weight excluding hydrogens is 260 g/mol. The number of hydrogen-bond donors (Lipinski definition) is 1. The maximum atomic E-state index is 11.0. The number of aromatic nitrogens is 2. The number of anilines is 1. The molecule has 20 heavy (non-hydrogen) atoms. The lowest BCUT2D eigenvalue weighted by molar-refractivity contribution is -0.384. The van der Waals surface area contributed by atoms with Gasteiger partial charge in [-0.05, 0) is 12.1 Å². The fourth-order valence-electron chi connectivity index (χ4n) is 1.70. The number of benzene rings is 1. The van der Waals surface area contributed by atoms with Gasteiger partial charge in [-0.2, -0.15) is 5.10 Å². The van der Waals surface area contributed by atoms with E-state index in [9.17, 15) is 10.1 Å². The fraction of sp³-hybridized carbons (Fsp3) is 0.154. The van der Waals surface area contributed by atoms with E-state index in [0.717, 1.165) is 5.56 Å². The van der Waals surface area contributed by atoms with Crippen molar-refractivity contribution in [3.63, 3.8) is 0 Å². The van der Waals surface area contributed by atoms with Crippen LogP contribution in [0.25, 0.3) is 6.20 Å². The zero-order valence-electron chi connectivity index (χ0n) is 10.9. The van der Waals surface area contributed by atoms with Crippen LogP contribution in [0.2, 0.25) is 0 Å². The monoisotopic (exact) mass is 274 g/mol. The van der Waals surface area contributed by atoms with Gasteiger partial charge >= 0.3 is 0 Å². The second-order valence-corrected chi connectivity index (χ2v) is 4.00. The van der Waals surface area contributed by atoms with Crippen molar-refractivity contribution in [1.82, 2.24) is 9.78 Å². The van der Waals surface area contributed by atoms with E-state index in [4.69, 9.17) is 4.74 Å². The van der Waals surface area contributed by atoms with Crippen LogP contribution in [0.3, 0.4) is 0 Å². The van der Waals surface area contributed by atoms with Gasteiger partial charge in [0, 0.05) is 24.5 Å². The van der Waals surface area contributed by atoms with Crippen molar-refractivity contribution < 1.29 is 9.66 Å². The molecule has 1 N–H and O–H groups in total. The van der Waals surface area contributed by atoms with Crippen LogP contribution in [-0.4, -0.2) is 21.8 Å². The number of hydrogen-bond acceptors (Lipinski definition) is 5. The molecule has 0 radical (unpaired) electrons. The van der Waals surface area contributed by atoms with Crippen molar-refractivity contribution in [2.75, 3.05) is 12.4 Å². The predicted molar refractivity (Wildman–Crippen MR) is 75.6 cm³/mol. The number of nitrogens with zero attached hydrogens (tertiary/aromatic N) is 3. The van der Waals surface area contributed by atoms with Crippen LogP contribution in [0.5, 0.6) is 5.75 Å². The molecule has 2 aromatic rings. The number of ether oxygens (including phenoxy) is 1. The van der Waals surface area contributed by atoms with Gasteiger partial charge in [-0.15, -0.1) is 0 Å². The molecule has 0 atom stereocenters. The third kappa shape index (κ3) is 2.94. The first kappa shape index (κ1) is 13.6. The lowest BCUT2D eigenvalue weighted by atomic mass is 10.2. The topological polar surface area (TPSA) is 82.2 Å². The molecule has 7 nitrogen and oxygen atoms in total. The van der Waals surface area contributed by atoms with Gasteiger partial charge in [0.1, 0.15) is 11.4 Å². The highest BCUT2D eigenvalue weighted by atomic mass is 16.6. The number of nitro groups is 1. The summed E-state index contributed by atoms with van der Waals surface area (Å²) in [5, 5.41) is 18.1. The summed E-state index contributed by atoms with van der Waals surface area (Å²) in [5.74, 6) is 0.446. The molecule has 104 valence electrons. The zero-order chi connectivity index (χ0) is 14.5. The van der Waals surface area contributed by atoms with Crippen molar-refractivity contribution in [3.8, 4) is 5.75 Å². The molecule has 1 heterocycles. The summed E-state index contributed by atoms with van der Waals surface area (Å²) in [4.78, 5) is 10.6. The van der Waals surface area contributed by atoms with Crippen molar-refractivity contribution in [2.24, 2.45) is 0 Å². The number of methoxy groups -OCH3 is 1.